The summed E-state index contributed by atoms with van der Waals surface area (Å²) in [6.07, 6.45) is -1.20. The monoisotopic (exact) mass is 516 g/mol. The van der Waals surface area contributed by atoms with Crippen LogP contribution in [-0.4, -0.2) is 36.2 Å². The highest BCUT2D eigenvalue weighted by Gasteiger charge is 2.32. The van der Waals surface area contributed by atoms with Crippen molar-refractivity contribution in [2.75, 3.05) is 6.61 Å². The van der Waals surface area contributed by atoms with Gasteiger partial charge < -0.3 is 14.8 Å². The van der Waals surface area contributed by atoms with E-state index < -0.39 is 29.6 Å². The number of benzene rings is 3. The van der Waals surface area contributed by atoms with Crippen molar-refractivity contribution in [3.63, 3.8) is 0 Å². The second kappa shape index (κ2) is 11.9. The second-order valence-electron chi connectivity index (χ2n) is 10.1. The van der Waals surface area contributed by atoms with Crippen LogP contribution in [0.25, 0.3) is 11.1 Å². The summed E-state index contributed by atoms with van der Waals surface area (Å²) < 4.78 is 11.0. The number of esters is 1. The van der Waals surface area contributed by atoms with Gasteiger partial charge in [0.15, 0.2) is 0 Å². The van der Waals surface area contributed by atoms with E-state index >= 15 is 0 Å². The van der Waals surface area contributed by atoms with Crippen LogP contribution in [0.4, 0.5) is 4.79 Å². The Kier molecular flexibility index (Phi) is 8.43. The van der Waals surface area contributed by atoms with Gasteiger partial charge in [-0.05, 0) is 48.6 Å². The Labute approximate surface area is 222 Å². The third-order valence-electron chi connectivity index (χ3n) is 5.98. The fraction of sp³-hybridized carbons (Fsp3) is 0.300. The van der Waals surface area contributed by atoms with Crippen LogP contribution in [0.15, 0.2) is 78.9 Å². The minimum absolute atomic E-state index is 0.0767. The molecule has 0 fully saturated rings. The van der Waals surface area contributed by atoms with Gasteiger partial charge in [0.1, 0.15) is 18.2 Å². The number of carbonyl (C=O) groups is 3. The largest absolute Gasteiger partial charge is 0.458 e. The van der Waals surface area contributed by atoms with Gasteiger partial charge in [0.05, 0.1) is 13.0 Å². The van der Waals surface area contributed by atoms with E-state index in [0.29, 0.717) is 0 Å². The van der Waals surface area contributed by atoms with Gasteiger partial charge in [-0.2, -0.15) is 0 Å². The summed E-state index contributed by atoms with van der Waals surface area (Å²) in [5.74, 6) is -1.47. The molecule has 1 aliphatic carbocycles. The van der Waals surface area contributed by atoms with E-state index in [1.54, 1.807) is 20.8 Å². The molecule has 2 N–H and O–H groups in total. The first kappa shape index (κ1) is 26.9. The van der Waals surface area contributed by atoms with E-state index in [-0.39, 0.29) is 25.6 Å². The zero-order valence-electron chi connectivity index (χ0n) is 21.7. The van der Waals surface area contributed by atoms with Crippen molar-refractivity contribution in [1.82, 2.24) is 10.8 Å². The number of fused-ring (bicyclic) bond motifs is 3. The van der Waals surface area contributed by atoms with E-state index in [1.807, 2.05) is 78.9 Å². The summed E-state index contributed by atoms with van der Waals surface area (Å²) in [6, 6.07) is 24.0. The number of hydrogen-bond acceptors (Lipinski definition) is 6. The molecule has 0 bridgehead atoms. The smallest absolute Gasteiger partial charge is 0.407 e. The average Bonchev–Trinajstić information content (AvgIpc) is 3.20. The highest BCUT2D eigenvalue weighted by molar-refractivity contribution is 5.88. The van der Waals surface area contributed by atoms with Crippen LogP contribution in [-0.2, 0) is 30.5 Å². The molecule has 0 aliphatic heterocycles. The summed E-state index contributed by atoms with van der Waals surface area (Å²) in [5.41, 5.74) is 6.73. The zero-order chi connectivity index (χ0) is 27.1. The summed E-state index contributed by atoms with van der Waals surface area (Å²) in [6.45, 7) is 5.35. The second-order valence-corrected chi connectivity index (χ2v) is 10.1. The third kappa shape index (κ3) is 6.98. The van der Waals surface area contributed by atoms with Crippen LogP contribution in [0.3, 0.4) is 0 Å². The molecule has 3 aromatic carbocycles. The maximum atomic E-state index is 12.8. The van der Waals surface area contributed by atoms with Crippen molar-refractivity contribution >= 4 is 18.0 Å². The highest BCUT2D eigenvalue weighted by Crippen LogP contribution is 2.44. The summed E-state index contributed by atoms with van der Waals surface area (Å²) in [7, 11) is 0. The molecule has 4 rings (SSSR count). The van der Waals surface area contributed by atoms with Gasteiger partial charge in [-0.25, -0.2) is 15.1 Å². The van der Waals surface area contributed by atoms with Crippen LogP contribution >= 0.6 is 0 Å². The Morgan fingerprint density at radius 2 is 1.42 bits per heavy atom. The van der Waals surface area contributed by atoms with Gasteiger partial charge in [-0.15, -0.1) is 0 Å². The minimum atomic E-state index is -1.26. The molecular weight excluding hydrogens is 484 g/mol. The minimum Gasteiger partial charge on any atom is -0.458 e. The van der Waals surface area contributed by atoms with Gasteiger partial charge in [0, 0.05) is 5.92 Å². The topological polar surface area (TPSA) is 103 Å². The Balaban J connectivity index is 1.37. The lowest BCUT2D eigenvalue weighted by Crippen LogP contribution is -2.47. The van der Waals surface area contributed by atoms with E-state index in [0.717, 1.165) is 27.8 Å². The Bertz CT molecular complexity index is 1240. The van der Waals surface area contributed by atoms with E-state index in [1.165, 1.54) is 0 Å². The zero-order valence-corrected chi connectivity index (χ0v) is 21.7. The summed E-state index contributed by atoms with van der Waals surface area (Å²) in [4.78, 5) is 43.3. The number of ether oxygens (including phenoxy) is 2. The molecule has 198 valence electrons. The van der Waals surface area contributed by atoms with Crippen LogP contribution < -0.4 is 10.8 Å². The highest BCUT2D eigenvalue weighted by atomic mass is 16.6. The fourth-order valence-corrected chi connectivity index (χ4v) is 4.35. The van der Waals surface area contributed by atoms with E-state index in [4.69, 9.17) is 14.3 Å². The van der Waals surface area contributed by atoms with Crippen molar-refractivity contribution in [1.29, 1.82) is 0 Å². The Morgan fingerprint density at radius 1 is 0.842 bits per heavy atom. The molecule has 3 aromatic rings. The van der Waals surface area contributed by atoms with Crippen LogP contribution in [0.2, 0.25) is 0 Å². The van der Waals surface area contributed by atoms with E-state index in [2.05, 4.69) is 10.8 Å². The van der Waals surface area contributed by atoms with Crippen LogP contribution in [0, 0.1) is 0 Å². The maximum absolute atomic E-state index is 12.8. The molecule has 0 saturated heterocycles. The van der Waals surface area contributed by atoms with Crippen molar-refractivity contribution in [3.05, 3.63) is 95.6 Å². The third-order valence-corrected chi connectivity index (χ3v) is 5.98. The van der Waals surface area contributed by atoms with Gasteiger partial charge in [-0.3, -0.25) is 9.63 Å². The molecule has 8 heteroatoms. The first-order chi connectivity index (χ1) is 18.2. The average molecular weight is 517 g/mol. The lowest BCUT2D eigenvalue weighted by Gasteiger charge is -2.24. The lowest BCUT2D eigenvalue weighted by molar-refractivity contribution is -0.159. The number of nitrogens with one attached hydrogen (secondary N) is 2. The first-order valence-corrected chi connectivity index (χ1v) is 12.5. The number of rotatable bonds is 9. The number of hydrogen-bond donors (Lipinski definition) is 2. The van der Waals surface area contributed by atoms with Gasteiger partial charge in [0.2, 0.25) is 5.91 Å². The van der Waals surface area contributed by atoms with Crippen molar-refractivity contribution in [3.8, 4) is 11.1 Å². The molecule has 0 saturated carbocycles. The van der Waals surface area contributed by atoms with Crippen molar-refractivity contribution in [2.24, 2.45) is 0 Å². The van der Waals surface area contributed by atoms with Crippen molar-refractivity contribution in [2.45, 2.75) is 51.4 Å². The molecule has 8 nitrogen and oxygen atoms in total. The molecule has 0 heterocycles. The fourth-order valence-electron chi connectivity index (χ4n) is 4.35. The molecule has 0 aromatic heterocycles. The predicted molar refractivity (Wildman–Crippen MR) is 142 cm³/mol. The molecule has 1 unspecified atom stereocenters. The summed E-state index contributed by atoms with van der Waals surface area (Å²) >= 11 is 0. The van der Waals surface area contributed by atoms with Crippen molar-refractivity contribution < 1.29 is 28.7 Å². The van der Waals surface area contributed by atoms with Crippen LogP contribution in [0.5, 0.6) is 0 Å². The quantitative estimate of drug-likeness (QED) is 0.311. The number of alkyl carbamates (subject to hydrolysis) is 1. The van der Waals surface area contributed by atoms with Gasteiger partial charge >= 0.3 is 12.1 Å². The Hall–Kier alpha value is -4.17. The number of hydroxylamine groups is 1. The molecule has 1 aliphatic rings. The molecular formula is C30H32N2O6. The van der Waals surface area contributed by atoms with Crippen LogP contribution in [0.1, 0.15) is 49.8 Å². The standard InChI is InChI=1S/C30H32N2O6/c1-30(2,3)38-28(34)26(17-27(33)32-37-18-20-11-5-4-6-12-20)31-29(35)36-19-25-23-15-9-7-13-21(23)22-14-8-10-16-24(22)25/h4-16,25-26H,17-19H2,1-3H3,(H,31,35)(H,32,33). The number of amides is 2. The molecule has 0 spiro atoms. The predicted octanol–water partition coefficient (Wildman–Crippen LogP) is 4.87. The van der Waals surface area contributed by atoms with E-state index in [9.17, 15) is 14.4 Å². The molecule has 0 radical (unpaired) electrons. The maximum Gasteiger partial charge on any atom is 0.407 e. The Morgan fingerprint density at radius 3 is 2.03 bits per heavy atom. The number of carbonyl (C=O) groups excluding carboxylic acids is 3. The van der Waals surface area contributed by atoms with Gasteiger partial charge in [0.25, 0.3) is 0 Å². The SMILES string of the molecule is CC(C)(C)OC(=O)C(CC(=O)NOCc1ccccc1)NC(=O)OCC1c2ccccc2-c2ccccc21. The lowest BCUT2D eigenvalue weighted by atomic mass is 9.98. The summed E-state index contributed by atoms with van der Waals surface area (Å²) in [5, 5.41) is 2.50. The molecule has 38 heavy (non-hydrogen) atoms. The molecule has 1 atom stereocenters. The normalized spacial score (nSPS) is 13.1. The first-order valence-electron chi connectivity index (χ1n) is 12.5. The van der Waals surface area contributed by atoms with Gasteiger partial charge in [-0.1, -0.05) is 78.9 Å². The molecule has 2 amide bonds.